The van der Waals surface area contributed by atoms with Crippen molar-refractivity contribution >= 4 is 47.2 Å². The molecule has 0 spiro atoms. The van der Waals surface area contributed by atoms with E-state index < -0.39 is 0 Å². The molecule has 162 valence electrons. The van der Waals surface area contributed by atoms with E-state index in [2.05, 4.69) is 20.6 Å². The minimum absolute atomic E-state index is 0. The van der Waals surface area contributed by atoms with Crippen molar-refractivity contribution in [3.05, 3.63) is 39.7 Å². The molecule has 10 heteroatoms. The Hall–Kier alpha value is -1.66. The summed E-state index contributed by atoms with van der Waals surface area (Å²) in [6.07, 6.45) is 2.41. The van der Waals surface area contributed by atoms with Gasteiger partial charge in [-0.15, -0.1) is 35.3 Å². The number of thiazole rings is 1. The van der Waals surface area contributed by atoms with Gasteiger partial charge in [-0.1, -0.05) is 0 Å². The fraction of sp³-hybridized carbons (Fsp3) is 0.526. The fourth-order valence-corrected chi connectivity index (χ4v) is 3.38. The molecular formula is C19H29IN4O4S. The topological polar surface area (TPSA) is 98.0 Å². The number of methoxy groups -OCH3 is 1. The first-order valence-corrected chi connectivity index (χ1v) is 10.1. The molecule has 0 aliphatic heterocycles. The summed E-state index contributed by atoms with van der Waals surface area (Å²) in [6, 6.07) is 3.69. The number of carbonyl (C=O) groups excluding carboxylic acids is 1. The number of hydrogen-bond donors (Lipinski definition) is 2. The van der Waals surface area contributed by atoms with Crippen molar-refractivity contribution in [2.45, 2.75) is 33.2 Å². The number of aliphatic imine (C=N–C) groups is 1. The first-order chi connectivity index (χ1) is 13.5. The highest BCUT2D eigenvalue weighted by Crippen LogP contribution is 2.24. The van der Waals surface area contributed by atoms with Gasteiger partial charge in [-0.2, -0.15) is 0 Å². The van der Waals surface area contributed by atoms with Crippen LogP contribution >= 0.6 is 35.3 Å². The van der Waals surface area contributed by atoms with E-state index in [1.807, 2.05) is 26.0 Å². The number of rotatable bonds is 10. The van der Waals surface area contributed by atoms with Crippen LogP contribution in [-0.4, -0.2) is 50.3 Å². The number of ether oxygens (including phenoxy) is 2. The summed E-state index contributed by atoms with van der Waals surface area (Å²) in [7, 11) is 1.64. The molecule has 0 fully saturated rings. The summed E-state index contributed by atoms with van der Waals surface area (Å²) >= 11 is 1.34. The molecule has 2 aromatic heterocycles. The van der Waals surface area contributed by atoms with Gasteiger partial charge in [0.05, 0.1) is 37.8 Å². The molecular weight excluding hydrogens is 507 g/mol. The summed E-state index contributed by atoms with van der Waals surface area (Å²) in [6.45, 7) is 7.66. The molecule has 0 bridgehead atoms. The SMILES string of the molecule is CCOC(=O)c1sc(C(C)NC(=NCCOC)NCCc2ccco2)nc1C.I. The van der Waals surface area contributed by atoms with E-state index in [1.165, 1.54) is 11.3 Å². The van der Waals surface area contributed by atoms with Gasteiger partial charge in [-0.05, 0) is 32.9 Å². The zero-order valence-corrected chi connectivity index (χ0v) is 20.3. The summed E-state index contributed by atoms with van der Waals surface area (Å²) in [5.74, 6) is 1.23. The molecule has 0 aliphatic carbocycles. The molecule has 1 atom stereocenters. The normalized spacial score (nSPS) is 12.2. The Morgan fingerprint density at radius 1 is 1.45 bits per heavy atom. The van der Waals surface area contributed by atoms with E-state index >= 15 is 0 Å². The van der Waals surface area contributed by atoms with E-state index in [0.29, 0.717) is 42.8 Å². The standard InChI is InChI=1S/C19H28N4O4S.HI/c1-5-26-18(24)16-13(2)22-17(28-16)14(3)23-19(21-10-12-25-4)20-9-8-15-7-6-11-27-15;/h6-7,11,14H,5,8-10,12H2,1-4H3,(H2,20,21,23);1H. The number of guanidine groups is 1. The van der Waals surface area contributed by atoms with Crippen molar-refractivity contribution in [2.24, 2.45) is 4.99 Å². The quantitative estimate of drug-likeness (QED) is 0.158. The Bertz CT molecular complexity index is 764. The smallest absolute Gasteiger partial charge is 0.350 e. The third kappa shape index (κ3) is 8.31. The number of carbonyl (C=O) groups is 1. The number of nitrogens with zero attached hydrogens (tertiary/aromatic N) is 2. The van der Waals surface area contributed by atoms with Crippen LogP contribution in [0.4, 0.5) is 0 Å². The molecule has 2 N–H and O–H groups in total. The van der Waals surface area contributed by atoms with Crippen LogP contribution in [0.2, 0.25) is 0 Å². The van der Waals surface area contributed by atoms with E-state index in [9.17, 15) is 4.79 Å². The lowest BCUT2D eigenvalue weighted by Crippen LogP contribution is -2.40. The largest absolute Gasteiger partial charge is 0.469 e. The average molecular weight is 536 g/mol. The van der Waals surface area contributed by atoms with Crippen molar-refractivity contribution in [2.75, 3.05) is 33.4 Å². The van der Waals surface area contributed by atoms with Gasteiger partial charge in [0.1, 0.15) is 15.6 Å². The van der Waals surface area contributed by atoms with Crippen LogP contribution in [0.5, 0.6) is 0 Å². The second-order valence-electron chi connectivity index (χ2n) is 6.03. The van der Waals surface area contributed by atoms with E-state index in [0.717, 1.165) is 17.2 Å². The van der Waals surface area contributed by atoms with Crippen LogP contribution in [0.3, 0.4) is 0 Å². The molecule has 0 radical (unpaired) electrons. The summed E-state index contributed by atoms with van der Waals surface area (Å²) in [4.78, 5) is 21.6. The van der Waals surface area contributed by atoms with Gasteiger partial charge in [0, 0.05) is 20.1 Å². The maximum Gasteiger partial charge on any atom is 0.350 e. The van der Waals surface area contributed by atoms with Gasteiger partial charge in [0.15, 0.2) is 5.96 Å². The third-order valence-electron chi connectivity index (χ3n) is 3.81. The highest BCUT2D eigenvalue weighted by Gasteiger charge is 2.20. The van der Waals surface area contributed by atoms with Crippen molar-refractivity contribution in [3.8, 4) is 0 Å². The minimum atomic E-state index is -0.332. The van der Waals surface area contributed by atoms with Crippen molar-refractivity contribution in [1.29, 1.82) is 0 Å². The lowest BCUT2D eigenvalue weighted by Gasteiger charge is -2.16. The van der Waals surface area contributed by atoms with Crippen molar-refractivity contribution < 1.29 is 18.7 Å². The number of furan rings is 1. The van der Waals surface area contributed by atoms with Gasteiger partial charge < -0.3 is 24.5 Å². The Morgan fingerprint density at radius 3 is 2.90 bits per heavy atom. The number of aromatic nitrogens is 1. The molecule has 0 amide bonds. The van der Waals surface area contributed by atoms with E-state index in [-0.39, 0.29) is 36.0 Å². The predicted octanol–water partition coefficient (Wildman–Crippen LogP) is 3.32. The lowest BCUT2D eigenvalue weighted by atomic mass is 10.3. The number of halogens is 1. The van der Waals surface area contributed by atoms with Crippen molar-refractivity contribution in [3.63, 3.8) is 0 Å². The van der Waals surface area contributed by atoms with Crippen LogP contribution in [0.1, 0.15) is 46.0 Å². The number of aryl methyl sites for hydroxylation is 1. The highest BCUT2D eigenvalue weighted by molar-refractivity contribution is 14.0. The zero-order chi connectivity index (χ0) is 20.4. The Balaban J connectivity index is 0.00000420. The second kappa shape index (κ2) is 13.5. The van der Waals surface area contributed by atoms with Gasteiger partial charge in [-0.25, -0.2) is 9.78 Å². The van der Waals surface area contributed by atoms with Crippen LogP contribution in [-0.2, 0) is 15.9 Å². The molecule has 8 nitrogen and oxygen atoms in total. The lowest BCUT2D eigenvalue weighted by molar-refractivity contribution is 0.0531. The van der Waals surface area contributed by atoms with Crippen molar-refractivity contribution in [1.82, 2.24) is 15.6 Å². The fourth-order valence-electron chi connectivity index (χ4n) is 2.42. The molecule has 0 saturated heterocycles. The second-order valence-corrected chi connectivity index (χ2v) is 7.06. The van der Waals surface area contributed by atoms with Crippen LogP contribution in [0.15, 0.2) is 27.8 Å². The highest BCUT2D eigenvalue weighted by atomic mass is 127. The first-order valence-electron chi connectivity index (χ1n) is 9.25. The van der Waals surface area contributed by atoms with Crippen LogP contribution in [0, 0.1) is 6.92 Å². The third-order valence-corrected chi connectivity index (χ3v) is 5.13. The Morgan fingerprint density at radius 2 is 2.24 bits per heavy atom. The number of nitrogens with one attached hydrogen (secondary N) is 2. The van der Waals surface area contributed by atoms with Gasteiger partial charge in [0.2, 0.25) is 0 Å². The molecule has 2 heterocycles. The zero-order valence-electron chi connectivity index (χ0n) is 17.2. The van der Waals surface area contributed by atoms with Gasteiger partial charge in [-0.3, -0.25) is 4.99 Å². The molecule has 1 unspecified atom stereocenters. The number of esters is 1. The first kappa shape index (κ1) is 25.4. The minimum Gasteiger partial charge on any atom is -0.469 e. The maximum absolute atomic E-state index is 12.0. The Kier molecular flexibility index (Phi) is 11.9. The summed E-state index contributed by atoms with van der Waals surface area (Å²) < 4.78 is 15.5. The molecule has 0 aromatic carbocycles. The maximum atomic E-state index is 12.0. The molecule has 0 saturated carbocycles. The molecule has 2 rings (SSSR count). The van der Waals surface area contributed by atoms with Crippen LogP contribution in [0.25, 0.3) is 0 Å². The Labute approximate surface area is 192 Å². The predicted molar refractivity (Wildman–Crippen MR) is 124 cm³/mol. The molecule has 29 heavy (non-hydrogen) atoms. The number of hydrogen-bond acceptors (Lipinski definition) is 7. The van der Waals surface area contributed by atoms with Gasteiger partial charge in [0.25, 0.3) is 0 Å². The van der Waals surface area contributed by atoms with Crippen LogP contribution < -0.4 is 10.6 Å². The average Bonchev–Trinajstić information content (AvgIpc) is 3.31. The summed E-state index contributed by atoms with van der Waals surface area (Å²) in [5.41, 5.74) is 0.677. The van der Waals surface area contributed by atoms with E-state index in [1.54, 1.807) is 20.3 Å². The van der Waals surface area contributed by atoms with Gasteiger partial charge >= 0.3 is 5.97 Å². The molecule has 0 aliphatic rings. The van der Waals surface area contributed by atoms with E-state index in [4.69, 9.17) is 13.9 Å². The molecule has 2 aromatic rings. The summed E-state index contributed by atoms with van der Waals surface area (Å²) in [5, 5.41) is 7.42. The monoisotopic (exact) mass is 536 g/mol.